The van der Waals surface area contributed by atoms with Gasteiger partial charge in [0, 0.05) is 6.54 Å². The molecule has 0 aliphatic carbocycles. The molecule has 1 aliphatic rings. The van der Waals surface area contributed by atoms with Gasteiger partial charge in [0.25, 0.3) is 0 Å². The zero-order chi connectivity index (χ0) is 15.3. The highest BCUT2D eigenvalue weighted by atomic mass is 32.2. The molecule has 1 aromatic rings. The number of piperidine rings is 1. The first-order valence-electron chi connectivity index (χ1n) is 7.77. The van der Waals surface area contributed by atoms with Crippen LogP contribution in [0.15, 0.2) is 29.2 Å². The molecule has 0 spiro atoms. The summed E-state index contributed by atoms with van der Waals surface area (Å²) in [6.45, 7) is 5.00. The molecule has 0 atom stereocenters. The molecule has 118 valence electrons. The highest BCUT2D eigenvalue weighted by Gasteiger charge is 2.19. The number of nitrogens with one attached hydrogen (secondary N) is 1. The number of sulfone groups is 1. The largest absolute Gasteiger partial charge is 0.384 e. The Morgan fingerprint density at radius 1 is 1.24 bits per heavy atom. The quantitative estimate of drug-likeness (QED) is 0.877. The second kappa shape index (κ2) is 7.27. The molecule has 4 nitrogen and oxygen atoms in total. The van der Waals surface area contributed by atoms with E-state index >= 15 is 0 Å². The molecule has 1 heterocycles. The van der Waals surface area contributed by atoms with E-state index in [0.29, 0.717) is 17.2 Å². The summed E-state index contributed by atoms with van der Waals surface area (Å²) in [4.78, 5) is 2.79. The summed E-state index contributed by atoms with van der Waals surface area (Å²) in [5, 5.41) is 3.36. The average Bonchev–Trinajstić information content (AvgIpc) is 2.47. The molecule has 1 aromatic carbocycles. The third-order valence-electron chi connectivity index (χ3n) is 4.11. The number of rotatable bonds is 6. The van der Waals surface area contributed by atoms with Crippen LogP contribution in [0.3, 0.4) is 0 Å². The fourth-order valence-electron chi connectivity index (χ4n) is 2.78. The maximum atomic E-state index is 12.3. The van der Waals surface area contributed by atoms with Crippen molar-refractivity contribution < 1.29 is 8.42 Å². The fourth-order valence-corrected chi connectivity index (χ4v) is 4.30. The van der Waals surface area contributed by atoms with E-state index in [9.17, 15) is 8.42 Å². The lowest BCUT2D eigenvalue weighted by molar-refractivity contribution is 0.226. The number of anilines is 1. The maximum Gasteiger partial charge on any atom is 0.180 e. The van der Waals surface area contributed by atoms with Crippen LogP contribution in [0.4, 0.5) is 5.69 Å². The highest BCUT2D eigenvalue weighted by Crippen LogP contribution is 2.24. The zero-order valence-corrected chi connectivity index (χ0v) is 13.8. The molecule has 0 unspecified atom stereocenters. The van der Waals surface area contributed by atoms with Gasteiger partial charge >= 0.3 is 0 Å². The molecule has 5 heteroatoms. The van der Waals surface area contributed by atoms with Gasteiger partial charge in [-0.2, -0.15) is 0 Å². The predicted molar refractivity (Wildman–Crippen MR) is 87.5 cm³/mol. The third kappa shape index (κ3) is 4.45. The van der Waals surface area contributed by atoms with Crippen LogP contribution in [-0.4, -0.2) is 45.8 Å². The van der Waals surface area contributed by atoms with E-state index in [1.54, 1.807) is 12.1 Å². The molecule has 0 radical (unpaired) electrons. The van der Waals surface area contributed by atoms with Crippen molar-refractivity contribution in [3.05, 3.63) is 24.3 Å². The van der Waals surface area contributed by atoms with Crippen molar-refractivity contribution in [2.45, 2.75) is 31.1 Å². The molecule has 1 fully saturated rings. The minimum absolute atomic E-state index is 0.208. The van der Waals surface area contributed by atoms with Gasteiger partial charge in [0.1, 0.15) is 0 Å². The number of hydrogen-bond acceptors (Lipinski definition) is 4. The Kier molecular flexibility index (Phi) is 5.65. The lowest BCUT2D eigenvalue weighted by atomic mass is 9.97. The van der Waals surface area contributed by atoms with Gasteiger partial charge < -0.3 is 10.2 Å². The van der Waals surface area contributed by atoms with Crippen molar-refractivity contribution >= 4 is 15.5 Å². The van der Waals surface area contributed by atoms with Gasteiger partial charge in [0.2, 0.25) is 0 Å². The first kappa shape index (κ1) is 16.3. The van der Waals surface area contributed by atoms with Crippen LogP contribution in [0.1, 0.15) is 26.2 Å². The Bertz CT molecular complexity index is 549. The summed E-state index contributed by atoms with van der Waals surface area (Å²) >= 11 is 0. The topological polar surface area (TPSA) is 49.4 Å². The minimum atomic E-state index is -3.17. The molecule has 1 aliphatic heterocycles. The van der Waals surface area contributed by atoms with Crippen LogP contribution >= 0.6 is 0 Å². The Morgan fingerprint density at radius 2 is 1.90 bits per heavy atom. The molecular weight excluding hydrogens is 284 g/mol. The van der Waals surface area contributed by atoms with Crippen LogP contribution in [0.25, 0.3) is 0 Å². The van der Waals surface area contributed by atoms with Crippen molar-refractivity contribution in [3.63, 3.8) is 0 Å². The van der Waals surface area contributed by atoms with Gasteiger partial charge in [0.05, 0.1) is 16.3 Å². The van der Waals surface area contributed by atoms with Crippen molar-refractivity contribution in [3.8, 4) is 0 Å². The van der Waals surface area contributed by atoms with Gasteiger partial charge in [0.15, 0.2) is 9.84 Å². The molecule has 2 rings (SSSR count). The van der Waals surface area contributed by atoms with Crippen molar-refractivity contribution in [2.24, 2.45) is 5.92 Å². The molecule has 0 bridgehead atoms. The van der Waals surface area contributed by atoms with E-state index in [2.05, 4.69) is 17.3 Å². The third-order valence-corrected chi connectivity index (χ3v) is 6.09. The molecule has 0 saturated carbocycles. The summed E-state index contributed by atoms with van der Waals surface area (Å²) in [6.07, 6.45) is 2.99. The zero-order valence-electron chi connectivity index (χ0n) is 13.0. The lowest BCUT2D eigenvalue weighted by Gasteiger charge is -2.29. The predicted octanol–water partition coefficient (Wildman–Crippen LogP) is 2.62. The van der Waals surface area contributed by atoms with E-state index in [-0.39, 0.29) is 5.75 Å². The van der Waals surface area contributed by atoms with Crippen LogP contribution in [0.2, 0.25) is 0 Å². The van der Waals surface area contributed by atoms with Crippen molar-refractivity contribution in [2.75, 3.05) is 37.8 Å². The Hall–Kier alpha value is -1.07. The molecule has 1 N–H and O–H groups in total. The van der Waals surface area contributed by atoms with Crippen molar-refractivity contribution in [1.29, 1.82) is 0 Å². The second-order valence-corrected chi connectivity index (χ2v) is 8.02. The van der Waals surface area contributed by atoms with E-state index in [1.807, 2.05) is 19.1 Å². The summed E-state index contributed by atoms with van der Waals surface area (Å²) in [6, 6.07) is 7.27. The summed E-state index contributed by atoms with van der Waals surface area (Å²) in [5.74, 6) is 0.836. The van der Waals surface area contributed by atoms with Crippen molar-refractivity contribution in [1.82, 2.24) is 4.90 Å². The second-order valence-electron chi connectivity index (χ2n) is 5.94. The Morgan fingerprint density at radius 3 is 2.57 bits per heavy atom. The number of para-hydroxylation sites is 1. The molecule has 0 aromatic heterocycles. The first-order chi connectivity index (χ1) is 10.0. The van der Waals surface area contributed by atoms with Gasteiger partial charge in [-0.3, -0.25) is 0 Å². The number of nitrogens with zero attached hydrogens (tertiary/aromatic N) is 1. The number of likely N-dealkylation sites (tertiary alicyclic amines) is 1. The highest BCUT2D eigenvalue weighted by molar-refractivity contribution is 7.91. The van der Waals surface area contributed by atoms with Gasteiger partial charge in [-0.15, -0.1) is 0 Å². The van der Waals surface area contributed by atoms with Crippen LogP contribution in [0.5, 0.6) is 0 Å². The van der Waals surface area contributed by atoms with Gasteiger partial charge in [-0.05, 0) is 57.5 Å². The van der Waals surface area contributed by atoms with E-state index in [0.717, 1.165) is 25.3 Å². The molecule has 21 heavy (non-hydrogen) atoms. The summed E-state index contributed by atoms with van der Waals surface area (Å²) < 4.78 is 24.6. The number of benzene rings is 1. The summed E-state index contributed by atoms with van der Waals surface area (Å²) in [7, 11) is -1.02. The van der Waals surface area contributed by atoms with E-state index in [4.69, 9.17) is 0 Å². The molecule has 1 saturated heterocycles. The lowest BCUT2D eigenvalue weighted by Crippen LogP contribution is -2.33. The van der Waals surface area contributed by atoms with Crippen LogP contribution in [-0.2, 0) is 9.84 Å². The smallest absolute Gasteiger partial charge is 0.180 e. The first-order valence-corrected chi connectivity index (χ1v) is 9.42. The number of hydrogen-bond donors (Lipinski definition) is 1. The normalized spacial score (nSPS) is 17.8. The summed E-state index contributed by atoms with van der Waals surface area (Å²) in [5.41, 5.74) is 0.755. The monoisotopic (exact) mass is 310 g/mol. The van der Waals surface area contributed by atoms with Crippen LogP contribution in [0, 0.1) is 5.92 Å². The maximum absolute atomic E-state index is 12.3. The minimum Gasteiger partial charge on any atom is -0.384 e. The van der Waals surface area contributed by atoms with E-state index in [1.165, 1.54) is 12.8 Å². The standard InChI is InChI=1S/C16H26N2O2S/c1-3-12-21(19,20)16-7-5-4-6-15(16)17-13-14-8-10-18(2)11-9-14/h4-7,14,17H,3,8-13H2,1-2H3. The van der Waals surface area contributed by atoms with Gasteiger partial charge in [-0.25, -0.2) is 8.42 Å². The Labute approximate surface area is 128 Å². The Balaban J connectivity index is 2.04. The fraction of sp³-hybridized carbons (Fsp3) is 0.625. The average molecular weight is 310 g/mol. The SMILES string of the molecule is CCCS(=O)(=O)c1ccccc1NCC1CCN(C)CC1. The molecule has 0 amide bonds. The van der Waals surface area contributed by atoms with Crippen LogP contribution < -0.4 is 5.32 Å². The van der Waals surface area contributed by atoms with Gasteiger partial charge in [-0.1, -0.05) is 19.1 Å². The molecular formula is C16H26N2O2S. The van der Waals surface area contributed by atoms with E-state index < -0.39 is 9.84 Å².